The number of hydrogen-bond acceptors (Lipinski definition) is 2. The first-order valence-corrected chi connectivity index (χ1v) is 17.8. The first kappa shape index (κ1) is 30.0. The zero-order chi connectivity index (χ0) is 34.4. The molecule has 2 heteroatoms. The van der Waals surface area contributed by atoms with Crippen LogP contribution in [-0.4, -0.2) is 0 Å². The lowest BCUT2D eigenvalue weighted by molar-refractivity contribution is 0.672. The molecule has 0 saturated heterocycles. The maximum absolute atomic E-state index is 6.71. The standard InChI is InChI=1S/C50H33NO/c1-3-13-34(14-4-1)39-31-40(35-15-5-2-6-16-35)33-42(32-39)51(41-28-25-38(26-29-41)44-22-11-19-36-17-7-9-20-43(36)44)47-23-12-24-48-49(47)46-30-27-37-18-8-10-21-45(37)50(46)52-48/h1-33H. The SMILES string of the molecule is c1ccc(-c2cc(-c3ccccc3)cc(N(c3ccc(-c4cccc5ccccc45)cc3)c3cccc4oc5c6ccccc6ccc5c34)c2)cc1. The van der Waals surface area contributed by atoms with Crippen LogP contribution in [0.2, 0.25) is 0 Å². The molecule has 0 aliphatic rings. The van der Waals surface area contributed by atoms with Crippen molar-refractivity contribution < 1.29 is 4.42 Å². The van der Waals surface area contributed by atoms with Crippen molar-refractivity contribution in [3.8, 4) is 33.4 Å². The third kappa shape index (κ3) is 5.12. The van der Waals surface area contributed by atoms with E-state index in [1.807, 2.05) is 0 Å². The van der Waals surface area contributed by atoms with Crippen LogP contribution in [0.3, 0.4) is 0 Å². The number of furan rings is 1. The Hall–Kier alpha value is -6.90. The molecule has 52 heavy (non-hydrogen) atoms. The minimum absolute atomic E-state index is 0.865. The number of benzene rings is 9. The monoisotopic (exact) mass is 663 g/mol. The minimum Gasteiger partial charge on any atom is -0.455 e. The van der Waals surface area contributed by atoms with Crippen LogP contribution in [0.4, 0.5) is 17.1 Å². The predicted molar refractivity (Wildman–Crippen MR) is 220 cm³/mol. The highest BCUT2D eigenvalue weighted by atomic mass is 16.3. The van der Waals surface area contributed by atoms with Crippen molar-refractivity contribution in [1.82, 2.24) is 0 Å². The summed E-state index contributed by atoms with van der Waals surface area (Å²) in [7, 11) is 0. The van der Waals surface area contributed by atoms with Crippen molar-refractivity contribution in [3.05, 3.63) is 200 Å². The van der Waals surface area contributed by atoms with Gasteiger partial charge in [-0.3, -0.25) is 0 Å². The van der Waals surface area contributed by atoms with E-state index in [0.29, 0.717) is 0 Å². The van der Waals surface area contributed by atoms with Gasteiger partial charge in [0.1, 0.15) is 11.2 Å². The molecule has 0 fully saturated rings. The summed E-state index contributed by atoms with van der Waals surface area (Å²) < 4.78 is 6.71. The summed E-state index contributed by atoms with van der Waals surface area (Å²) in [6.07, 6.45) is 0. The highest BCUT2D eigenvalue weighted by Crippen LogP contribution is 2.46. The van der Waals surface area contributed by atoms with Crippen LogP contribution in [-0.2, 0) is 0 Å². The van der Waals surface area contributed by atoms with Crippen LogP contribution in [0.5, 0.6) is 0 Å². The number of nitrogens with zero attached hydrogens (tertiary/aromatic N) is 1. The number of rotatable bonds is 6. The van der Waals surface area contributed by atoms with Crippen molar-refractivity contribution in [2.45, 2.75) is 0 Å². The average Bonchev–Trinajstić information content (AvgIpc) is 3.62. The molecule has 1 heterocycles. The number of anilines is 3. The first-order chi connectivity index (χ1) is 25.8. The molecule has 0 spiro atoms. The van der Waals surface area contributed by atoms with E-state index in [-0.39, 0.29) is 0 Å². The zero-order valence-corrected chi connectivity index (χ0v) is 28.4. The summed E-state index contributed by atoms with van der Waals surface area (Å²) >= 11 is 0. The normalized spacial score (nSPS) is 11.5. The molecule has 9 aromatic carbocycles. The summed E-state index contributed by atoms with van der Waals surface area (Å²) in [5, 5.41) is 6.96. The molecule has 0 N–H and O–H groups in total. The van der Waals surface area contributed by atoms with Gasteiger partial charge >= 0.3 is 0 Å². The Morgan fingerprint density at radius 3 is 1.65 bits per heavy atom. The maximum Gasteiger partial charge on any atom is 0.143 e. The summed E-state index contributed by atoms with van der Waals surface area (Å²) in [5.41, 5.74) is 12.0. The topological polar surface area (TPSA) is 16.4 Å². The van der Waals surface area contributed by atoms with Gasteiger partial charge in [-0.05, 0) is 98.1 Å². The van der Waals surface area contributed by atoms with Gasteiger partial charge < -0.3 is 9.32 Å². The molecule has 0 aliphatic heterocycles. The predicted octanol–water partition coefficient (Wildman–Crippen LogP) is 14.4. The minimum atomic E-state index is 0.865. The van der Waals surface area contributed by atoms with Gasteiger partial charge in [0.2, 0.25) is 0 Å². The number of fused-ring (bicyclic) bond motifs is 6. The maximum atomic E-state index is 6.71. The second kappa shape index (κ2) is 12.5. The smallest absolute Gasteiger partial charge is 0.143 e. The molecule has 0 bridgehead atoms. The second-order valence-corrected chi connectivity index (χ2v) is 13.3. The van der Waals surface area contributed by atoms with E-state index < -0.39 is 0 Å². The summed E-state index contributed by atoms with van der Waals surface area (Å²) in [5.74, 6) is 0. The van der Waals surface area contributed by atoms with Crippen LogP contribution in [0.1, 0.15) is 0 Å². The lowest BCUT2D eigenvalue weighted by Gasteiger charge is -2.28. The van der Waals surface area contributed by atoms with Crippen molar-refractivity contribution in [1.29, 1.82) is 0 Å². The van der Waals surface area contributed by atoms with Gasteiger partial charge in [-0.2, -0.15) is 0 Å². The van der Waals surface area contributed by atoms with Crippen molar-refractivity contribution in [2.75, 3.05) is 4.90 Å². The van der Waals surface area contributed by atoms with E-state index in [9.17, 15) is 0 Å². The molecule has 10 aromatic rings. The molecule has 10 rings (SSSR count). The van der Waals surface area contributed by atoms with Crippen molar-refractivity contribution in [2.24, 2.45) is 0 Å². The van der Waals surface area contributed by atoms with Crippen LogP contribution < -0.4 is 4.90 Å². The lowest BCUT2D eigenvalue weighted by atomic mass is 9.96. The van der Waals surface area contributed by atoms with E-state index in [1.54, 1.807) is 0 Å². The molecule has 0 unspecified atom stereocenters. The van der Waals surface area contributed by atoms with Crippen LogP contribution in [0.25, 0.3) is 76.9 Å². The van der Waals surface area contributed by atoms with Crippen molar-refractivity contribution in [3.63, 3.8) is 0 Å². The van der Waals surface area contributed by atoms with Gasteiger partial charge in [-0.25, -0.2) is 0 Å². The molecule has 0 saturated carbocycles. The Bertz CT molecular complexity index is 2830. The van der Waals surface area contributed by atoms with E-state index in [4.69, 9.17) is 4.42 Å². The lowest BCUT2D eigenvalue weighted by Crippen LogP contribution is -2.11. The highest BCUT2D eigenvalue weighted by molar-refractivity contribution is 6.19. The Labute approximate surface area is 302 Å². The molecule has 0 radical (unpaired) electrons. The molecule has 1 aromatic heterocycles. The fourth-order valence-corrected chi connectivity index (χ4v) is 7.75. The molecular weight excluding hydrogens is 631 g/mol. The van der Waals surface area contributed by atoms with E-state index in [1.165, 1.54) is 38.4 Å². The van der Waals surface area contributed by atoms with Crippen LogP contribution >= 0.6 is 0 Å². The summed E-state index contributed by atoms with van der Waals surface area (Å²) in [6, 6.07) is 71.7. The quantitative estimate of drug-likeness (QED) is 0.176. The zero-order valence-electron chi connectivity index (χ0n) is 28.4. The Morgan fingerprint density at radius 1 is 0.346 bits per heavy atom. The van der Waals surface area contributed by atoms with Crippen molar-refractivity contribution >= 4 is 60.5 Å². The molecule has 2 nitrogen and oxygen atoms in total. The third-order valence-electron chi connectivity index (χ3n) is 10.2. The molecular formula is C50H33NO. The van der Waals surface area contributed by atoms with Crippen LogP contribution in [0.15, 0.2) is 205 Å². The van der Waals surface area contributed by atoms with Gasteiger partial charge in [0, 0.05) is 22.1 Å². The molecule has 0 aliphatic carbocycles. The Morgan fingerprint density at radius 2 is 0.942 bits per heavy atom. The van der Waals surface area contributed by atoms with Gasteiger partial charge in [-0.1, -0.05) is 152 Å². The van der Waals surface area contributed by atoms with Gasteiger partial charge in [-0.15, -0.1) is 0 Å². The van der Waals surface area contributed by atoms with E-state index in [0.717, 1.165) is 55.5 Å². The Balaban J connectivity index is 1.23. The average molecular weight is 664 g/mol. The van der Waals surface area contributed by atoms with Crippen LogP contribution in [0, 0.1) is 0 Å². The third-order valence-corrected chi connectivity index (χ3v) is 10.2. The summed E-state index contributed by atoms with van der Waals surface area (Å²) in [6.45, 7) is 0. The summed E-state index contributed by atoms with van der Waals surface area (Å²) in [4.78, 5) is 2.40. The molecule has 0 amide bonds. The highest BCUT2D eigenvalue weighted by Gasteiger charge is 2.22. The number of hydrogen-bond donors (Lipinski definition) is 0. The Kier molecular flexibility index (Phi) is 7.18. The van der Waals surface area contributed by atoms with E-state index >= 15 is 0 Å². The van der Waals surface area contributed by atoms with Gasteiger partial charge in [0.05, 0.1) is 11.1 Å². The van der Waals surface area contributed by atoms with Gasteiger partial charge in [0.15, 0.2) is 0 Å². The molecule has 244 valence electrons. The largest absolute Gasteiger partial charge is 0.455 e. The molecule has 0 atom stereocenters. The van der Waals surface area contributed by atoms with Gasteiger partial charge in [0.25, 0.3) is 0 Å². The van der Waals surface area contributed by atoms with E-state index in [2.05, 4.69) is 205 Å². The first-order valence-electron chi connectivity index (χ1n) is 17.8. The fourth-order valence-electron chi connectivity index (χ4n) is 7.75. The fraction of sp³-hybridized carbons (Fsp3) is 0. The second-order valence-electron chi connectivity index (χ2n) is 13.3.